The molecule has 9 heteroatoms. The minimum Gasteiger partial charge on any atom is -0.484 e. The molecule has 2 heterocycles. The second kappa shape index (κ2) is 9.29. The van der Waals surface area contributed by atoms with Crippen LogP contribution in [0.25, 0.3) is 11.4 Å². The van der Waals surface area contributed by atoms with E-state index in [1.54, 1.807) is 41.3 Å². The summed E-state index contributed by atoms with van der Waals surface area (Å²) in [7, 11) is 0. The van der Waals surface area contributed by atoms with Crippen LogP contribution in [0.15, 0.2) is 63.9 Å². The van der Waals surface area contributed by atoms with Crippen LogP contribution in [0.2, 0.25) is 0 Å². The number of carbonyl (C=O) groups excluding carboxylic acids is 2. The molecule has 0 aliphatic carbocycles. The number of benzene rings is 2. The summed E-state index contributed by atoms with van der Waals surface area (Å²) in [6.45, 7) is 1.00. The normalized spacial score (nSPS) is 14.3. The summed E-state index contributed by atoms with van der Waals surface area (Å²) < 4.78 is 10.0. The van der Waals surface area contributed by atoms with Crippen LogP contribution in [0, 0.1) is 5.92 Å². The maximum Gasteiger partial charge on any atom is 0.439 e. The molecule has 31 heavy (non-hydrogen) atoms. The quantitative estimate of drug-likeness (QED) is 0.629. The topological polar surface area (TPSA) is 118 Å². The highest BCUT2D eigenvalue weighted by Crippen LogP contribution is 2.22. The zero-order valence-electron chi connectivity index (χ0n) is 16.7. The first-order valence-corrected chi connectivity index (χ1v) is 10.0. The Bertz CT molecular complexity index is 1100. The van der Waals surface area contributed by atoms with Crippen molar-refractivity contribution in [1.82, 2.24) is 15.0 Å². The van der Waals surface area contributed by atoms with E-state index in [4.69, 9.17) is 4.74 Å². The first-order chi connectivity index (χ1) is 15.1. The van der Waals surface area contributed by atoms with Gasteiger partial charge in [-0.1, -0.05) is 35.5 Å². The van der Waals surface area contributed by atoms with Crippen LogP contribution in [-0.2, 0) is 9.59 Å². The van der Waals surface area contributed by atoms with Crippen molar-refractivity contribution in [2.24, 2.45) is 5.92 Å². The number of piperidine rings is 1. The highest BCUT2D eigenvalue weighted by Gasteiger charge is 2.27. The number of ether oxygens (including phenoxy) is 1. The van der Waals surface area contributed by atoms with Gasteiger partial charge in [-0.3, -0.25) is 19.1 Å². The first-order valence-electron chi connectivity index (χ1n) is 10.0. The van der Waals surface area contributed by atoms with Crippen molar-refractivity contribution < 1.29 is 18.8 Å². The Morgan fingerprint density at radius 3 is 2.61 bits per heavy atom. The second-order valence-corrected chi connectivity index (χ2v) is 7.27. The van der Waals surface area contributed by atoms with Gasteiger partial charge in [0.25, 0.3) is 5.91 Å². The molecule has 0 unspecified atom stereocenters. The second-order valence-electron chi connectivity index (χ2n) is 7.27. The number of aromatic nitrogens is 2. The van der Waals surface area contributed by atoms with Gasteiger partial charge in [-0.2, -0.15) is 0 Å². The molecular weight excluding hydrogens is 400 g/mol. The van der Waals surface area contributed by atoms with E-state index in [-0.39, 0.29) is 24.3 Å². The van der Waals surface area contributed by atoms with Gasteiger partial charge in [0, 0.05) is 30.3 Å². The molecule has 9 nitrogen and oxygen atoms in total. The molecule has 1 aromatic heterocycles. The van der Waals surface area contributed by atoms with E-state index in [2.05, 4.69) is 20.0 Å². The van der Waals surface area contributed by atoms with Gasteiger partial charge >= 0.3 is 5.76 Å². The molecule has 0 atom stereocenters. The number of nitrogens with one attached hydrogen (secondary N) is 2. The molecule has 1 saturated heterocycles. The fourth-order valence-corrected chi connectivity index (χ4v) is 3.49. The molecule has 2 amide bonds. The van der Waals surface area contributed by atoms with Crippen molar-refractivity contribution in [2.75, 3.05) is 25.0 Å². The lowest BCUT2D eigenvalue weighted by molar-refractivity contribution is -0.136. The lowest BCUT2D eigenvalue weighted by Crippen LogP contribution is -2.43. The predicted octanol–water partition coefficient (Wildman–Crippen LogP) is 2.29. The number of H-pyrrole nitrogens is 1. The Kier molecular flexibility index (Phi) is 6.11. The number of nitrogens with zero attached hydrogens (tertiary/aromatic N) is 2. The average molecular weight is 422 g/mol. The maximum absolute atomic E-state index is 12.7. The van der Waals surface area contributed by atoms with Crippen molar-refractivity contribution in [3.05, 3.63) is 65.1 Å². The molecule has 2 aromatic carbocycles. The molecule has 0 spiro atoms. The number of anilines is 1. The van der Waals surface area contributed by atoms with E-state index < -0.39 is 5.76 Å². The summed E-state index contributed by atoms with van der Waals surface area (Å²) in [6, 6.07) is 16.2. The van der Waals surface area contributed by atoms with Gasteiger partial charge in [-0.15, -0.1) is 0 Å². The van der Waals surface area contributed by atoms with E-state index in [0.29, 0.717) is 48.8 Å². The van der Waals surface area contributed by atoms with Gasteiger partial charge in [0.2, 0.25) is 5.91 Å². The van der Waals surface area contributed by atoms with E-state index in [9.17, 15) is 14.4 Å². The van der Waals surface area contributed by atoms with Crippen molar-refractivity contribution in [3.63, 3.8) is 0 Å². The van der Waals surface area contributed by atoms with Crippen LogP contribution in [0.5, 0.6) is 5.75 Å². The van der Waals surface area contributed by atoms with Gasteiger partial charge in [-0.05, 0) is 37.1 Å². The lowest BCUT2D eigenvalue weighted by Gasteiger charge is -2.31. The third kappa shape index (κ3) is 5.19. The number of hydrogen-bond donors (Lipinski definition) is 2. The zero-order valence-corrected chi connectivity index (χ0v) is 16.7. The molecule has 1 aliphatic rings. The SMILES string of the molecule is O=C(Nc1cccc(-c2noc(=O)[nH]2)c1)C1CCN(C(=O)COc2ccccc2)CC1. The maximum atomic E-state index is 12.7. The van der Waals surface area contributed by atoms with Crippen LogP contribution in [0.1, 0.15) is 12.8 Å². The van der Waals surface area contributed by atoms with E-state index in [0.717, 1.165) is 0 Å². The van der Waals surface area contributed by atoms with Gasteiger partial charge in [0.05, 0.1) is 0 Å². The largest absolute Gasteiger partial charge is 0.484 e. The Balaban J connectivity index is 1.27. The minimum atomic E-state index is -0.639. The molecule has 0 radical (unpaired) electrons. The predicted molar refractivity (Wildman–Crippen MR) is 112 cm³/mol. The van der Waals surface area contributed by atoms with E-state index >= 15 is 0 Å². The summed E-state index contributed by atoms with van der Waals surface area (Å²) in [4.78, 5) is 40.4. The standard InChI is InChI=1S/C22H22N4O5/c27-19(14-30-18-7-2-1-3-8-18)26-11-9-15(10-12-26)21(28)23-17-6-4-5-16(13-17)20-24-22(29)31-25-20/h1-8,13,15H,9-12,14H2,(H,23,28)(H,24,25,29). The summed E-state index contributed by atoms with van der Waals surface area (Å²) in [5.74, 6) is -0.0577. The number of hydrogen-bond acceptors (Lipinski definition) is 6. The van der Waals surface area contributed by atoms with Crippen LogP contribution < -0.4 is 15.8 Å². The fourth-order valence-electron chi connectivity index (χ4n) is 3.49. The number of carbonyl (C=O) groups is 2. The summed E-state index contributed by atoms with van der Waals surface area (Å²) in [6.07, 6.45) is 1.17. The molecule has 3 aromatic rings. The molecular formula is C22H22N4O5. The van der Waals surface area contributed by atoms with Crippen molar-refractivity contribution in [1.29, 1.82) is 0 Å². The molecule has 1 fully saturated rings. The molecule has 0 saturated carbocycles. The van der Waals surface area contributed by atoms with Gasteiger partial charge in [-0.25, -0.2) is 4.79 Å². The zero-order chi connectivity index (χ0) is 21.6. The number of rotatable bonds is 6. The van der Waals surface area contributed by atoms with Crippen molar-refractivity contribution in [2.45, 2.75) is 12.8 Å². The third-order valence-electron chi connectivity index (χ3n) is 5.17. The molecule has 1 aliphatic heterocycles. The molecule has 2 N–H and O–H groups in total. The van der Waals surface area contributed by atoms with E-state index in [1.807, 2.05) is 18.2 Å². The molecule has 0 bridgehead atoms. The number of para-hydroxylation sites is 1. The van der Waals surface area contributed by atoms with Gasteiger partial charge in [0.1, 0.15) is 5.75 Å². The summed E-state index contributed by atoms with van der Waals surface area (Å²) in [5, 5.41) is 6.55. The fraction of sp³-hybridized carbons (Fsp3) is 0.273. The monoisotopic (exact) mass is 422 g/mol. The third-order valence-corrected chi connectivity index (χ3v) is 5.17. The molecule has 4 rings (SSSR count). The Hall–Kier alpha value is -3.88. The van der Waals surface area contributed by atoms with E-state index in [1.165, 1.54) is 0 Å². The Morgan fingerprint density at radius 2 is 1.90 bits per heavy atom. The molecule has 160 valence electrons. The highest BCUT2D eigenvalue weighted by atomic mass is 16.5. The minimum absolute atomic E-state index is 0.0161. The Labute approximate surface area is 178 Å². The Morgan fingerprint density at radius 1 is 1.13 bits per heavy atom. The van der Waals surface area contributed by atoms with Gasteiger partial charge < -0.3 is 15.0 Å². The van der Waals surface area contributed by atoms with Gasteiger partial charge in [0.15, 0.2) is 12.4 Å². The lowest BCUT2D eigenvalue weighted by atomic mass is 9.95. The number of amides is 2. The van der Waals surface area contributed by atoms with Crippen LogP contribution in [0.3, 0.4) is 0 Å². The summed E-state index contributed by atoms with van der Waals surface area (Å²) >= 11 is 0. The highest BCUT2D eigenvalue weighted by molar-refractivity contribution is 5.93. The summed E-state index contributed by atoms with van der Waals surface area (Å²) in [5.41, 5.74) is 1.23. The number of aromatic amines is 1. The smallest absolute Gasteiger partial charge is 0.439 e. The van der Waals surface area contributed by atoms with Crippen LogP contribution >= 0.6 is 0 Å². The van der Waals surface area contributed by atoms with Crippen molar-refractivity contribution in [3.8, 4) is 17.1 Å². The first kappa shape index (κ1) is 20.4. The van der Waals surface area contributed by atoms with Crippen LogP contribution in [0.4, 0.5) is 5.69 Å². The van der Waals surface area contributed by atoms with Crippen LogP contribution in [-0.4, -0.2) is 46.6 Å². The number of likely N-dealkylation sites (tertiary alicyclic amines) is 1. The van der Waals surface area contributed by atoms with Crippen molar-refractivity contribution >= 4 is 17.5 Å². The average Bonchev–Trinajstić information content (AvgIpc) is 3.25.